The van der Waals surface area contributed by atoms with Crippen LogP contribution >= 0.6 is 11.8 Å². The van der Waals surface area contributed by atoms with Crippen LogP contribution in [-0.2, 0) is 4.74 Å². The summed E-state index contributed by atoms with van der Waals surface area (Å²) < 4.78 is 7.38. The second-order valence-corrected chi connectivity index (χ2v) is 6.30. The summed E-state index contributed by atoms with van der Waals surface area (Å²) in [6, 6.07) is 0.791. The van der Waals surface area contributed by atoms with Crippen molar-refractivity contribution in [3.63, 3.8) is 0 Å². The molecule has 0 radical (unpaired) electrons. The number of hydrogen-bond acceptors (Lipinski definition) is 5. The van der Waals surface area contributed by atoms with Gasteiger partial charge in [0.05, 0.1) is 11.9 Å². The van der Waals surface area contributed by atoms with E-state index in [2.05, 4.69) is 22.4 Å². The van der Waals surface area contributed by atoms with Gasteiger partial charge in [-0.15, -0.1) is 5.10 Å². The summed E-state index contributed by atoms with van der Waals surface area (Å²) in [7, 11) is 0. The van der Waals surface area contributed by atoms with Crippen LogP contribution in [0.15, 0.2) is 9.95 Å². The molecule has 1 aliphatic heterocycles. The van der Waals surface area contributed by atoms with Crippen molar-refractivity contribution in [2.45, 2.75) is 48.7 Å². The fourth-order valence-electron chi connectivity index (χ4n) is 2.49. The lowest BCUT2D eigenvalue weighted by molar-refractivity contribution is 0.0836. The first-order chi connectivity index (χ1) is 9.29. The van der Waals surface area contributed by atoms with E-state index in [4.69, 9.17) is 4.74 Å². The minimum absolute atomic E-state index is 0.0817. The van der Waals surface area contributed by atoms with Crippen molar-refractivity contribution >= 4 is 11.8 Å². The average molecular weight is 284 g/mol. The molecule has 106 valence electrons. The highest BCUT2D eigenvalue weighted by Crippen LogP contribution is 2.37. The van der Waals surface area contributed by atoms with E-state index in [-0.39, 0.29) is 5.69 Å². The van der Waals surface area contributed by atoms with Gasteiger partial charge in [0.25, 0.3) is 0 Å². The van der Waals surface area contributed by atoms with Crippen molar-refractivity contribution in [2.24, 2.45) is 0 Å². The molecule has 6 nitrogen and oxygen atoms in total. The van der Waals surface area contributed by atoms with Gasteiger partial charge >= 0.3 is 5.69 Å². The molecule has 1 saturated heterocycles. The molecule has 3 rings (SSSR count). The van der Waals surface area contributed by atoms with Gasteiger partial charge in [-0.05, 0) is 25.8 Å². The van der Waals surface area contributed by atoms with Crippen LogP contribution in [0.3, 0.4) is 0 Å². The molecule has 1 saturated carbocycles. The Balaban J connectivity index is 1.74. The quantitative estimate of drug-likeness (QED) is 0.835. The molecule has 7 heteroatoms. The first kappa shape index (κ1) is 13.2. The molecule has 2 unspecified atom stereocenters. The molecule has 2 N–H and O–H groups in total. The van der Waals surface area contributed by atoms with E-state index in [9.17, 15) is 4.79 Å². The molecule has 2 fully saturated rings. The van der Waals surface area contributed by atoms with Gasteiger partial charge in [-0.3, -0.25) is 4.57 Å². The van der Waals surface area contributed by atoms with Crippen LogP contribution in [0.25, 0.3) is 0 Å². The minimum Gasteiger partial charge on any atom is -0.380 e. The van der Waals surface area contributed by atoms with Crippen LogP contribution in [0.1, 0.15) is 32.2 Å². The van der Waals surface area contributed by atoms with E-state index in [1.54, 1.807) is 11.8 Å². The lowest BCUT2D eigenvalue weighted by atomic mass is 10.1. The van der Waals surface area contributed by atoms with Crippen LogP contribution in [0, 0.1) is 0 Å². The Hall–Kier alpha value is -0.790. The van der Waals surface area contributed by atoms with E-state index in [0.717, 1.165) is 37.6 Å². The van der Waals surface area contributed by atoms with E-state index in [1.807, 2.05) is 4.57 Å². The number of aromatic nitrogens is 3. The highest BCUT2D eigenvalue weighted by molar-refractivity contribution is 7.99. The Morgan fingerprint density at radius 3 is 3.11 bits per heavy atom. The molecular formula is C12H20N4O2S. The van der Waals surface area contributed by atoms with Gasteiger partial charge in [0.1, 0.15) is 0 Å². The maximum absolute atomic E-state index is 11.8. The fraction of sp³-hybridized carbons (Fsp3) is 0.833. The van der Waals surface area contributed by atoms with Crippen molar-refractivity contribution in [1.29, 1.82) is 0 Å². The number of aromatic amines is 1. The topological polar surface area (TPSA) is 71.9 Å². The molecule has 0 aromatic carbocycles. The standard InChI is InChI=1S/C12H20N4O2S/c1-2-13-9-5-6-18-7-10(9)19-12-15-14-11(17)16(12)8-3-4-8/h8-10,13H,2-7H2,1H3,(H,14,17). The van der Waals surface area contributed by atoms with Crippen LogP contribution < -0.4 is 11.0 Å². The maximum atomic E-state index is 11.8. The molecular weight excluding hydrogens is 264 g/mol. The largest absolute Gasteiger partial charge is 0.380 e. The number of thioether (sulfide) groups is 1. The molecule has 0 amide bonds. The van der Waals surface area contributed by atoms with Gasteiger partial charge in [-0.2, -0.15) is 0 Å². The fourth-order valence-corrected chi connectivity index (χ4v) is 3.76. The Labute approximate surface area is 116 Å². The van der Waals surface area contributed by atoms with E-state index >= 15 is 0 Å². The van der Waals surface area contributed by atoms with Crippen molar-refractivity contribution in [1.82, 2.24) is 20.1 Å². The number of ether oxygens (including phenoxy) is 1. The van der Waals surface area contributed by atoms with E-state index < -0.39 is 0 Å². The lowest BCUT2D eigenvalue weighted by Crippen LogP contribution is -2.44. The zero-order chi connectivity index (χ0) is 13.2. The third kappa shape index (κ3) is 2.88. The molecule has 0 spiro atoms. The zero-order valence-electron chi connectivity index (χ0n) is 11.1. The summed E-state index contributed by atoms with van der Waals surface area (Å²) in [6.45, 7) is 4.60. The van der Waals surface area contributed by atoms with Gasteiger partial charge in [0.15, 0.2) is 5.16 Å². The molecule has 1 aliphatic carbocycles. The monoisotopic (exact) mass is 284 g/mol. The smallest absolute Gasteiger partial charge is 0.344 e. The van der Waals surface area contributed by atoms with Crippen molar-refractivity contribution in [2.75, 3.05) is 19.8 Å². The van der Waals surface area contributed by atoms with Crippen molar-refractivity contribution in [3.05, 3.63) is 10.5 Å². The van der Waals surface area contributed by atoms with Crippen molar-refractivity contribution < 1.29 is 4.74 Å². The summed E-state index contributed by atoms with van der Waals surface area (Å²) >= 11 is 1.66. The Kier molecular flexibility index (Phi) is 3.95. The summed E-state index contributed by atoms with van der Waals surface area (Å²) in [5, 5.41) is 11.4. The van der Waals surface area contributed by atoms with Gasteiger partial charge < -0.3 is 10.1 Å². The highest BCUT2D eigenvalue weighted by atomic mass is 32.2. The second kappa shape index (κ2) is 5.68. The molecule has 2 heterocycles. The predicted molar refractivity (Wildman–Crippen MR) is 73.7 cm³/mol. The predicted octanol–water partition coefficient (Wildman–Crippen LogP) is 0.765. The number of H-pyrrole nitrogens is 1. The number of hydrogen-bond donors (Lipinski definition) is 2. The number of nitrogens with one attached hydrogen (secondary N) is 2. The van der Waals surface area contributed by atoms with Gasteiger partial charge in [-0.25, -0.2) is 9.89 Å². The number of nitrogens with zero attached hydrogens (tertiary/aromatic N) is 2. The molecule has 19 heavy (non-hydrogen) atoms. The SMILES string of the molecule is CCNC1CCOCC1Sc1n[nH]c(=O)n1C1CC1. The maximum Gasteiger partial charge on any atom is 0.344 e. The first-order valence-electron chi connectivity index (χ1n) is 6.94. The van der Waals surface area contributed by atoms with Crippen LogP contribution in [0.4, 0.5) is 0 Å². The van der Waals surface area contributed by atoms with Crippen LogP contribution in [0.2, 0.25) is 0 Å². The van der Waals surface area contributed by atoms with Gasteiger partial charge in [0, 0.05) is 18.7 Å². The van der Waals surface area contributed by atoms with Crippen LogP contribution in [-0.4, -0.2) is 45.8 Å². The number of rotatable bonds is 5. The molecule has 0 bridgehead atoms. The highest BCUT2D eigenvalue weighted by Gasteiger charge is 2.32. The summed E-state index contributed by atoms with van der Waals surface area (Å²) in [5.74, 6) is 0. The third-order valence-corrected chi connectivity index (χ3v) is 4.88. The van der Waals surface area contributed by atoms with Crippen LogP contribution in [0.5, 0.6) is 0 Å². The normalized spacial score (nSPS) is 27.6. The van der Waals surface area contributed by atoms with E-state index in [1.165, 1.54) is 0 Å². The van der Waals surface area contributed by atoms with E-state index in [0.29, 0.717) is 23.9 Å². The third-order valence-electron chi connectivity index (χ3n) is 3.61. The zero-order valence-corrected chi connectivity index (χ0v) is 11.9. The molecule has 1 aromatic heterocycles. The van der Waals surface area contributed by atoms with Gasteiger partial charge in [0.2, 0.25) is 0 Å². The Bertz CT molecular complexity index is 480. The summed E-state index contributed by atoms with van der Waals surface area (Å²) in [5.41, 5.74) is -0.0817. The van der Waals surface area contributed by atoms with Gasteiger partial charge in [-0.1, -0.05) is 18.7 Å². The Morgan fingerprint density at radius 1 is 1.53 bits per heavy atom. The molecule has 2 aliphatic rings. The molecule has 2 atom stereocenters. The molecule has 1 aromatic rings. The lowest BCUT2D eigenvalue weighted by Gasteiger charge is -2.31. The minimum atomic E-state index is -0.0817. The van der Waals surface area contributed by atoms with Crippen molar-refractivity contribution in [3.8, 4) is 0 Å². The summed E-state index contributed by atoms with van der Waals surface area (Å²) in [4.78, 5) is 11.8. The first-order valence-corrected chi connectivity index (χ1v) is 7.82. The summed E-state index contributed by atoms with van der Waals surface area (Å²) in [6.07, 6.45) is 3.19. The average Bonchev–Trinajstić information content (AvgIpc) is 3.18. The Morgan fingerprint density at radius 2 is 2.37 bits per heavy atom. The second-order valence-electron chi connectivity index (χ2n) is 5.10.